The van der Waals surface area contributed by atoms with Crippen LogP contribution in [0, 0.1) is 5.82 Å². The van der Waals surface area contributed by atoms with Crippen LogP contribution in [0.5, 0.6) is 5.75 Å². The molecule has 1 amide bonds. The number of aryl methyl sites for hydroxylation is 1. The largest absolute Gasteiger partial charge is 0.481 e. The van der Waals surface area contributed by atoms with Crippen molar-refractivity contribution < 1.29 is 13.9 Å². The van der Waals surface area contributed by atoms with E-state index in [9.17, 15) is 9.18 Å². The third-order valence-electron chi connectivity index (χ3n) is 3.54. The molecule has 0 aliphatic rings. The van der Waals surface area contributed by atoms with Crippen LogP contribution in [-0.4, -0.2) is 12.0 Å². The topological polar surface area (TPSA) is 38.3 Å². The van der Waals surface area contributed by atoms with Gasteiger partial charge in [-0.05, 0) is 61.7 Å². The summed E-state index contributed by atoms with van der Waals surface area (Å²) >= 11 is 0. The van der Waals surface area contributed by atoms with E-state index in [1.54, 1.807) is 6.92 Å². The Morgan fingerprint density at radius 3 is 2.39 bits per heavy atom. The minimum atomic E-state index is -0.666. The molecule has 0 unspecified atom stereocenters. The first kappa shape index (κ1) is 17.0. The average molecular weight is 315 g/mol. The zero-order valence-electron chi connectivity index (χ0n) is 13.5. The Morgan fingerprint density at radius 1 is 1.13 bits per heavy atom. The Balaban J connectivity index is 1.88. The van der Waals surface area contributed by atoms with Gasteiger partial charge in [-0.25, -0.2) is 4.39 Å². The third-order valence-corrected chi connectivity index (χ3v) is 3.54. The van der Waals surface area contributed by atoms with Crippen LogP contribution in [-0.2, 0) is 11.2 Å². The molecule has 1 N–H and O–H groups in total. The van der Waals surface area contributed by atoms with Crippen LogP contribution in [0.25, 0.3) is 0 Å². The standard InChI is InChI=1S/C19H22FNO2/c1-3-4-5-15-6-10-17(11-7-15)21-19(22)14(2)23-18-12-8-16(20)9-13-18/h6-14H,3-5H2,1-2H3,(H,21,22)/t14-/m1/s1. The summed E-state index contributed by atoms with van der Waals surface area (Å²) in [5.74, 6) is -0.114. The number of hydrogen-bond donors (Lipinski definition) is 1. The molecule has 0 spiro atoms. The van der Waals surface area contributed by atoms with Crippen LogP contribution < -0.4 is 10.1 Å². The summed E-state index contributed by atoms with van der Waals surface area (Å²) in [6, 6.07) is 13.4. The van der Waals surface area contributed by atoms with Gasteiger partial charge < -0.3 is 10.1 Å². The number of benzene rings is 2. The van der Waals surface area contributed by atoms with Gasteiger partial charge in [-0.2, -0.15) is 0 Å². The molecule has 4 heteroatoms. The highest BCUT2D eigenvalue weighted by Gasteiger charge is 2.14. The van der Waals surface area contributed by atoms with Gasteiger partial charge in [0, 0.05) is 5.69 Å². The molecule has 3 nitrogen and oxygen atoms in total. The second-order valence-electron chi connectivity index (χ2n) is 5.50. The fraction of sp³-hybridized carbons (Fsp3) is 0.316. The smallest absolute Gasteiger partial charge is 0.265 e. The van der Waals surface area contributed by atoms with E-state index >= 15 is 0 Å². The molecule has 2 rings (SSSR count). The molecule has 0 aliphatic heterocycles. The van der Waals surface area contributed by atoms with Crippen LogP contribution in [0.4, 0.5) is 10.1 Å². The van der Waals surface area contributed by atoms with Crippen molar-refractivity contribution in [2.24, 2.45) is 0 Å². The molecular formula is C19H22FNO2. The Labute approximate surface area is 136 Å². The molecule has 0 bridgehead atoms. The lowest BCUT2D eigenvalue weighted by Crippen LogP contribution is -2.30. The van der Waals surface area contributed by atoms with Crippen LogP contribution in [0.2, 0.25) is 0 Å². The quantitative estimate of drug-likeness (QED) is 0.812. The maximum atomic E-state index is 12.8. The lowest BCUT2D eigenvalue weighted by atomic mass is 10.1. The average Bonchev–Trinajstić information content (AvgIpc) is 2.56. The number of carbonyl (C=O) groups is 1. The van der Waals surface area contributed by atoms with E-state index in [0.29, 0.717) is 5.75 Å². The first-order valence-corrected chi connectivity index (χ1v) is 7.90. The van der Waals surface area contributed by atoms with Crippen molar-refractivity contribution in [3.05, 3.63) is 59.9 Å². The van der Waals surface area contributed by atoms with Gasteiger partial charge in [-0.1, -0.05) is 25.5 Å². The fourth-order valence-electron chi connectivity index (χ4n) is 2.15. The van der Waals surface area contributed by atoms with Crippen molar-refractivity contribution in [2.45, 2.75) is 39.2 Å². The molecule has 0 fully saturated rings. The maximum absolute atomic E-state index is 12.8. The predicted molar refractivity (Wildman–Crippen MR) is 90.2 cm³/mol. The van der Waals surface area contributed by atoms with E-state index in [-0.39, 0.29) is 11.7 Å². The monoisotopic (exact) mass is 315 g/mol. The van der Waals surface area contributed by atoms with Crippen LogP contribution in [0.3, 0.4) is 0 Å². The zero-order valence-corrected chi connectivity index (χ0v) is 13.5. The molecular weight excluding hydrogens is 293 g/mol. The minimum Gasteiger partial charge on any atom is -0.481 e. The first-order chi connectivity index (χ1) is 11.1. The van der Waals surface area contributed by atoms with Crippen molar-refractivity contribution in [1.82, 2.24) is 0 Å². The molecule has 1 atom stereocenters. The van der Waals surface area contributed by atoms with Gasteiger partial charge in [-0.3, -0.25) is 4.79 Å². The van der Waals surface area contributed by atoms with Crippen molar-refractivity contribution in [2.75, 3.05) is 5.32 Å². The number of hydrogen-bond acceptors (Lipinski definition) is 2. The van der Waals surface area contributed by atoms with Crippen molar-refractivity contribution in [3.63, 3.8) is 0 Å². The molecule has 2 aromatic carbocycles. The summed E-state index contributed by atoms with van der Waals surface area (Å²) in [5.41, 5.74) is 2.00. The first-order valence-electron chi connectivity index (χ1n) is 7.90. The molecule has 0 saturated heterocycles. The number of anilines is 1. The maximum Gasteiger partial charge on any atom is 0.265 e. The molecule has 0 aromatic heterocycles. The molecule has 122 valence electrons. The normalized spacial score (nSPS) is 11.8. The number of rotatable bonds is 7. The van der Waals surface area contributed by atoms with Gasteiger partial charge in [0.15, 0.2) is 6.10 Å². The van der Waals surface area contributed by atoms with Gasteiger partial charge in [0.1, 0.15) is 11.6 Å². The van der Waals surface area contributed by atoms with Crippen LogP contribution in [0.1, 0.15) is 32.3 Å². The van der Waals surface area contributed by atoms with E-state index < -0.39 is 6.10 Å². The summed E-state index contributed by atoms with van der Waals surface area (Å²) < 4.78 is 18.3. The van der Waals surface area contributed by atoms with Gasteiger partial charge in [-0.15, -0.1) is 0 Å². The molecule has 0 aliphatic carbocycles. The summed E-state index contributed by atoms with van der Waals surface area (Å²) in [6.07, 6.45) is 2.71. The van der Waals surface area contributed by atoms with E-state index in [0.717, 1.165) is 24.9 Å². The second kappa shape index (κ2) is 8.32. The Kier molecular flexibility index (Phi) is 6.15. The van der Waals surface area contributed by atoms with Crippen LogP contribution in [0.15, 0.2) is 48.5 Å². The van der Waals surface area contributed by atoms with Gasteiger partial charge in [0.25, 0.3) is 5.91 Å². The summed E-state index contributed by atoms with van der Waals surface area (Å²) in [4.78, 5) is 12.1. The number of ether oxygens (including phenoxy) is 1. The molecule has 0 heterocycles. The highest BCUT2D eigenvalue weighted by Crippen LogP contribution is 2.15. The Bertz CT molecular complexity index is 623. The van der Waals surface area contributed by atoms with Gasteiger partial charge in [0.2, 0.25) is 0 Å². The highest BCUT2D eigenvalue weighted by atomic mass is 19.1. The second-order valence-corrected chi connectivity index (χ2v) is 5.50. The number of nitrogens with one attached hydrogen (secondary N) is 1. The van der Waals surface area contributed by atoms with Crippen LogP contribution >= 0.6 is 0 Å². The number of carbonyl (C=O) groups excluding carboxylic acids is 1. The minimum absolute atomic E-state index is 0.240. The zero-order chi connectivity index (χ0) is 16.7. The van der Waals surface area contributed by atoms with Gasteiger partial charge >= 0.3 is 0 Å². The molecule has 23 heavy (non-hydrogen) atoms. The van der Waals surface area contributed by atoms with E-state index in [2.05, 4.69) is 12.2 Å². The lowest BCUT2D eigenvalue weighted by molar-refractivity contribution is -0.122. The van der Waals surface area contributed by atoms with E-state index in [1.807, 2.05) is 24.3 Å². The predicted octanol–water partition coefficient (Wildman–Crippen LogP) is 4.57. The fourth-order valence-corrected chi connectivity index (χ4v) is 2.15. The number of halogens is 1. The summed E-state index contributed by atoms with van der Waals surface area (Å²) in [7, 11) is 0. The van der Waals surface area contributed by atoms with E-state index in [4.69, 9.17) is 4.74 Å². The van der Waals surface area contributed by atoms with Crippen molar-refractivity contribution in [1.29, 1.82) is 0 Å². The lowest BCUT2D eigenvalue weighted by Gasteiger charge is -2.15. The molecule has 0 saturated carbocycles. The van der Waals surface area contributed by atoms with Crippen molar-refractivity contribution in [3.8, 4) is 5.75 Å². The summed E-state index contributed by atoms with van der Waals surface area (Å²) in [6.45, 7) is 3.82. The molecule has 2 aromatic rings. The highest BCUT2D eigenvalue weighted by molar-refractivity contribution is 5.94. The number of amides is 1. The van der Waals surface area contributed by atoms with E-state index in [1.165, 1.54) is 29.8 Å². The Hall–Kier alpha value is -2.36. The van der Waals surface area contributed by atoms with Gasteiger partial charge in [0.05, 0.1) is 0 Å². The number of unbranched alkanes of at least 4 members (excludes halogenated alkanes) is 1. The third kappa shape index (κ3) is 5.40. The SMILES string of the molecule is CCCCc1ccc(NC(=O)[C@@H](C)Oc2ccc(F)cc2)cc1. The molecule has 0 radical (unpaired) electrons. The summed E-state index contributed by atoms with van der Waals surface area (Å²) in [5, 5.41) is 2.82. The Morgan fingerprint density at radius 2 is 1.78 bits per heavy atom. The van der Waals surface area contributed by atoms with Crippen molar-refractivity contribution >= 4 is 11.6 Å².